The van der Waals surface area contributed by atoms with Gasteiger partial charge in [-0.2, -0.15) is 0 Å². The second-order valence-electron chi connectivity index (χ2n) is 6.17. The number of fused-ring (bicyclic) bond motifs is 2. The molecular formula is C20H16O8. The van der Waals surface area contributed by atoms with Crippen LogP contribution in [0.2, 0.25) is 0 Å². The third kappa shape index (κ3) is 3.61. The maximum absolute atomic E-state index is 11.0. The number of aromatic hydroxyl groups is 4. The quantitative estimate of drug-likeness (QED) is 0.268. The SMILES string of the molecule is Cc1cc(=O)oc2cc(O)c(O)cc12.Cc1cc(=O)oc2cc(O)c(O)cc12. The van der Waals surface area contributed by atoms with Crippen molar-refractivity contribution in [2.75, 3.05) is 0 Å². The summed E-state index contributed by atoms with van der Waals surface area (Å²) >= 11 is 0. The van der Waals surface area contributed by atoms with Crippen molar-refractivity contribution in [2.45, 2.75) is 13.8 Å². The number of rotatable bonds is 0. The van der Waals surface area contributed by atoms with Crippen LogP contribution in [0.1, 0.15) is 11.1 Å². The van der Waals surface area contributed by atoms with Crippen LogP contribution in [0.3, 0.4) is 0 Å². The van der Waals surface area contributed by atoms with Gasteiger partial charge in [-0.25, -0.2) is 9.59 Å². The van der Waals surface area contributed by atoms with Gasteiger partial charge in [-0.3, -0.25) is 0 Å². The third-order valence-corrected chi connectivity index (χ3v) is 4.09. The molecule has 144 valence electrons. The third-order valence-electron chi connectivity index (χ3n) is 4.09. The number of hydrogen-bond donors (Lipinski definition) is 4. The molecule has 0 aliphatic rings. The summed E-state index contributed by atoms with van der Waals surface area (Å²) in [5, 5.41) is 38.1. The lowest BCUT2D eigenvalue weighted by Gasteiger charge is -2.02. The van der Waals surface area contributed by atoms with Crippen LogP contribution in [0.15, 0.2) is 54.8 Å². The molecule has 0 fully saturated rings. The minimum Gasteiger partial charge on any atom is -0.504 e. The molecule has 0 aliphatic carbocycles. The Kier molecular flexibility index (Phi) is 4.70. The first-order valence-electron chi connectivity index (χ1n) is 8.08. The number of phenols is 4. The monoisotopic (exact) mass is 384 g/mol. The van der Waals surface area contributed by atoms with Crippen LogP contribution >= 0.6 is 0 Å². The highest BCUT2D eigenvalue weighted by Gasteiger charge is 2.08. The van der Waals surface area contributed by atoms with Gasteiger partial charge in [0.2, 0.25) is 0 Å². The molecule has 28 heavy (non-hydrogen) atoms. The maximum atomic E-state index is 11.0. The molecule has 2 heterocycles. The van der Waals surface area contributed by atoms with E-state index < -0.39 is 11.3 Å². The van der Waals surface area contributed by atoms with Crippen molar-refractivity contribution in [1.29, 1.82) is 0 Å². The highest BCUT2D eigenvalue weighted by molar-refractivity contribution is 5.84. The Bertz CT molecular complexity index is 1210. The lowest BCUT2D eigenvalue weighted by Crippen LogP contribution is -1.97. The van der Waals surface area contributed by atoms with Crippen molar-refractivity contribution in [3.8, 4) is 23.0 Å². The van der Waals surface area contributed by atoms with E-state index in [4.69, 9.17) is 8.83 Å². The first-order valence-corrected chi connectivity index (χ1v) is 8.08. The van der Waals surface area contributed by atoms with Crippen LogP contribution in [0, 0.1) is 13.8 Å². The van der Waals surface area contributed by atoms with Gasteiger partial charge < -0.3 is 29.3 Å². The van der Waals surface area contributed by atoms with Gasteiger partial charge in [0.1, 0.15) is 11.2 Å². The molecule has 4 N–H and O–H groups in total. The molecule has 0 saturated heterocycles. The second kappa shape index (κ2) is 6.99. The summed E-state index contributed by atoms with van der Waals surface area (Å²) in [4.78, 5) is 22.0. The van der Waals surface area contributed by atoms with Crippen molar-refractivity contribution >= 4 is 21.9 Å². The predicted octanol–water partition coefficient (Wildman–Crippen LogP) is 3.03. The lowest BCUT2D eigenvalue weighted by atomic mass is 10.1. The average molecular weight is 384 g/mol. The molecule has 0 amide bonds. The summed E-state index contributed by atoms with van der Waals surface area (Å²) in [7, 11) is 0. The van der Waals surface area contributed by atoms with E-state index in [0.29, 0.717) is 21.9 Å². The van der Waals surface area contributed by atoms with Crippen LogP contribution in [-0.2, 0) is 0 Å². The molecule has 8 heteroatoms. The van der Waals surface area contributed by atoms with Gasteiger partial charge in [0, 0.05) is 35.0 Å². The minimum atomic E-state index is -0.472. The number of hydrogen-bond acceptors (Lipinski definition) is 8. The summed E-state index contributed by atoms with van der Waals surface area (Å²) < 4.78 is 9.70. The zero-order valence-corrected chi connectivity index (χ0v) is 14.9. The summed E-state index contributed by atoms with van der Waals surface area (Å²) in [6.45, 7) is 3.46. The zero-order valence-electron chi connectivity index (χ0n) is 14.9. The molecule has 0 atom stereocenters. The largest absolute Gasteiger partial charge is 0.504 e. The molecule has 0 aliphatic heterocycles. The van der Waals surface area contributed by atoms with Crippen molar-refractivity contribution in [2.24, 2.45) is 0 Å². The van der Waals surface area contributed by atoms with Gasteiger partial charge in [-0.15, -0.1) is 0 Å². The van der Waals surface area contributed by atoms with E-state index in [2.05, 4.69) is 0 Å². The summed E-state index contributed by atoms with van der Waals surface area (Å²) in [5.41, 5.74) is 0.994. The normalized spacial score (nSPS) is 10.6. The Hall–Kier alpha value is -3.94. The Labute approximate surface area is 157 Å². The van der Waals surface area contributed by atoms with E-state index in [0.717, 1.165) is 0 Å². The van der Waals surface area contributed by atoms with Crippen molar-refractivity contribution in [3.63, 3.8) is 0 Å². The van der Waals surface area contributed by atoms with Crippen LogP contribution in [0.4, 0.5) is 0 Å². The molecule has 4 aromatic rings. The fourth-order valence-electron chi connectivity index (χ4n) is 2.69. The van der Waals surface area contributed by atoms with Crippen LogP contribution < -0.4 is 11.3 Å². The molecule has 0 unspecified atom stereocenters. The molecule has 4 rings (SSSR count). The molecule has 2 aromatic heterocycles. The second-order valence-corrected chi connectivity index (χ2v) is 6.17. The van der Waals surface area contributed by atoms with Crippen LogP contribution in [0.25, 0.3) is 21.9 Å². The predicted molar refractivity (Wildman–Crippen MR) is 101 cm³/mol. The topological polar surface area (TPSA) is 141 Å². The summed E-state index contributed by atoms with van der Waals surface area (Å²) in [6.07, 6.45) is 0. The molecule has 0 spiro atoms. The highest BCUT2D eigenvalue weighted by atomic mass is 16.4. The summed E-state index contributed by atoms with van der Waals surface area (Å²) in [5.74, 6) is -1.05. The van der Waals surface area contributed by atoms with Gasteiger partial charge in [-0.1, -0.05) is 0 Å². The average Bonchev–Trinajstić information content (AvgIpc) is 2.59. The van der Waals surface area contributed by atoms with Crippen molar-refractivity contribution in [1.82, 2.24) is 0 Å². The van der Waals surface area contributed by atoms with E-state index in [1.807, 2.05) is 0 Å². The fourth-order valence-corrected chi connectivity index (χ4v) is 2.69. The molecular weight excluding hydrogens is 368 g/mol. The van der Waals surface area contributed by atoms with E-state index in [-0.39, 0.29) is 34.2 Å². The Morgan fingerprint density at radius 1 is 0.571 bits per heavy atom. The molecule has 0 radical (unpaired) electrons. The van der Waals surface area contributed by atoms with Gasteiger partial charge in [0.25, 0.3) is 0 Å². The first kappa shape index (κ1) is 18.8. The summed E-state index contributed by atoms with van der Waals surface area (Å²) in [6, 6.07) is 7.83. The van der Waals surface area contributed by atoms with Gasteiger partial charge in [-0.05, 0) is 37.1 Å². The molecule has 0 saturated carbocycles. The van der Waals surface area contributed by atoms with Gasteiger partial charge in [0.15, 0.2) is 23.0 Å². The van der Waals surface area contributed by atoms with Crippen LogP contribution in [-0.4, -0.2) is 20.4 Å². The smallest absolute Gasteiger partial charge is 0.336 e. The number of aryl methyl sites for hydroxylation is 2. The standard InChI is InChI=1S/2C10H8O4/c2*1-5-2-10(13)14-9-4-8(12)7(11)3-6(5)9/h2*2-4,11-12H,1H3. The lowest BCUT2D eigenvalue weighted by molar-refractivity contribution is 0.403. The molecule has 8 nitrogen and oxygen atoms in total. The Morgan fingerprint density at radius 3 is 1.25 bits per heavy atom. The maximum Gasteiger partial charge on any atom is 0.336 e. The highest BCUT2D eigenvalue weighted by Crippen LogP contribution is 2.31. The first-order chi connectivity index (χ1) is 13.2. The van der Waals surface area contributed by atoms with E-state index in [1.165, 1.54) is 36.4 Å². The van der Waals surface area contributed by atoms with E-state index >= 15 is 0 Å². The number of phenolic OH excluding ortho intramolecular Hbond substituents is 4. The Morgan fingerprint density at radius 2 is 0.893 bits per heavy atom. The zero-order chi connectivity index (χ0) is 20.6. The Balaban J connectivity index is 0.000000161. The van der Waals surface area contributed by atoms with Crippen molar-refractivity contribution < 1.29 is 29.3 Å². The van der Waals surface area contributed by atoms with Crippen molar-refractivity contribution in [3.05, 3.63) is 68.4 Å². The van der Waals surface area contributed by atoms with E-state index in [1.54, 1.807) is 13.8 Å². The van der Waals surface area contributed by atoms with Crippen LogP contribution in [0.5, 0.6) is 23.0 Å². The van der Waals surface area contributed by atoms with Gasteiger partial charge in [0.05, 0.1) is 0 Å². The van der Waals surface area contributed by atoms with Gasteiger partial charge >= 0.3 is 11.3 Å². The molecule has 2 aromatic carbocycles. The minimum absolute atomic E-state index is 0.227. The molecule has 0 bridgehead atoms. The van der Waals surface area contributed by atoms with E-state index in [9.17, 15) is 30.0 Å². The number of benzene rings is 2. The fraction of sp³-hybridized carbons (Fsp3) is 0.100.